The van der Waals surface area contributed by atoms with Crippen LogP contribution in [0.15, 0.2) is 36.5 Å². The average Bonchev–Trinajstić information content (AvgIpc) is 2.65. The summed E-state index contributed by atoms with van der Waals surface area (Å²) in [5, 5.41) is 4.33. The monoisotopic (exact) mass is 231 g/mol. The molecule has 0 aliphatic rings. The van der Waals surface area contributed by atoms with Crippen molar-refractivity contribution >= 4 is 0 Å². The number of nitrogens with one attached hydrogen (secondary N) is 1. The van der Waals surface area contributed by atoms with Crippen LogP contribution >= 0.6 is 0 Å². The van der Waals surface area contributed by atoms with Gasteiger partial charge in [0.15, 0.2) is 0 Å². The second-order valence-electron chi connectivity index (χ2n) is 4.03. The fraction of sp³-hybridized carbons (Fsp3) is 0.308. The Balaban J connectivity index is 1.75. The standard InChI is InChI=1S/C13H17N3O/c1-11-9-16(2)15-13(11)8-14-17-10-12-6-4-3-5-7-12/h3-7,9,14H,8,10H2,1-2H3. The number of rotatable bonds is 5. The van der Waals surface area contributed by atoms with Crippen molar-refractivity contribution in [1.82, 2.24) is 15.3 Å². The van der Waals surface area contributed by atoms with Crippen molar-refractivity contribution in [3.05, 3.63) is 53.3 Å². The minimum atomic E-state index is 0.562. The summed E-state index contributed by atoms with van der Waals surface area (Å²) in [6.45, 7) is 3.23. The van der Waals surface area contributed by atoms with E-state index in [9.17, 15) is 0 Å². The van der Waals surface area contributed by atoms with Crippen LogP contribution in [0, 0.1) is 6.92 Å². The lowest BCUT2D eigenvalue weighted by molar-refractivity contribution is 0.0227. The van der Waals surface area contributed by atoms with Crippen LogP contribution < -0.4 is 5.48 Å². The molecule has 1 aromatic heterocycles. The first-order valence-corrected chi connectivity index (χ1v) is 5.63. The molecule has 4 heteroatoms. The summed E-state index contributed by atoms with van der Waals surface area (Å²) in [4.78, 5) is 5.39. The van der Waals surface area contributed by atoms with E-state index in [1.807, 2.05) is 55.2 Å². The Morgan fingerprint density at radius 2 is 2.06 bits per heavy atom. The summed E-state index contributed by atoms with van der Waals surface area (Å²) in [6, 6.07) is 10.1. The molecule has 0 aliphatic heterocycles. The Morgan fingerprint density at radius 1 is 1.29 bits per heavy atom. The SMILES string of the molecule is Cc1cn(C)nc1CNOCc1ccccc1. The van der Waals surface area contributed by atoms with Crippen molar-refractivity contribution in [2.24, 2.45) is 7.05 Å². The highest BCUT2D eigenvalue weighted by Crippen LogP contribution is 2.04. The van der Waals surface area contributed by atoms with E-state index in [0.29, 0.717) is 13.2 Å². The molecular formula is C13H17N3O. The minimum absolute atomic E-state index is 0.562. The Hall–Kier alpha value is -1.65. The van der Waals surface area contributed by atoms with Crippen LogP contribution in [0.5, 0.6) is 0 Å². The van der Waals surface area contributed by atoms with E-state index in [1.54, 1.807) is 0 Å². The largest absolute Gasteiger partial charge is 0.297 e. The van der Waals surface area contributed by atoms with Gasteiger partial charge in [-0.1, -0.05) is 30.3 Å². The van der Waals surface area contributed by atoms with Gasteiger partial charge in [0.1, 0.15) is 0 Å². The fourth-order valence-electron chi connectivity index (χ4n) is 1.66. The van der Waals surface area contributed by atoms with E-state index in [2.05, 4.69) is 10.6 Å². The second-order valence-corrected chi connectivity index (χ2v) is 4.03. The van der Waals surface area contributed by atoms with Gasteiger partial charge < -0.3 is 0 Å². The molecule has 2 aromatic rings. The Bertz CT molecular complexity index is 465. The minimum Gasteiger partial charge on any atom is -0.297 e. The lowest BCUT2D eigenvalue weighted by Gasteiger charge is -2.04. The van der Waals surface area contributed by atoms with Crippen molar-refractivity contribution < 1.29 is 4.84 Å². The van der Waals surface area contributed by atoms with Crippen LogP contribution in [0.4, 0.5) is 0 Å². The molecule has 0 amide bonds. The van der Waals surface area contributed by atoms with Crippen LogP contribution in [0.1, 0.15) is 16.8 Å². The highest BCUT2D eigenvalue weighted by atomic mass is 16.6. The number of aryl methyl sites for hydroxylation is 2. The molecule has 0 atom stereocenters. The van der Waals surface area contributed by atoms with Crippen molar-refractivity contribution in [3.63, 3.8) is 0 Å². The predicted octanol–water partition coefficient (Wildman–Crippen LogP) is 1.95. The van der Waals surface area contributed by atoms with E-state index >= 15 is 0 Å². The van der Waals surface area contributed by atoms with Gasteiger partial charge in [-0.2, -0.15) is 10.6 Å². The van der Waals surface area contributed by atoms with Gasteiger partial charge in [0, 0.05) is 13.2 Å². The molecule has 0 aliphatic carbocycles. The van der Waals surface area contributed by atoms with Gasteiger partial charge in [-0.25, -0.2) is 0 Å². The maximum absolute atomic E-state index is 5.39. The van der Waals surface area contributed by atoms with E-state index in [4.69, 9.17) is 4.84 Å². The van der Waals surface area contributed by atoms with Crippen LogP contribution in [0.2, 0.25) is 0 Å². The number of aromatic nitrogens is 2. The quantitative estimate of drug-likeness (QED) is 0.631. The summed E-state index contributed by atoms with van der Waals surface area (Å²) in [7, 11) is 1.92. The number of nitrogens with zero attached hydrogens (tertiary/aromatic N) is 2. The summed E-state index contributed by atoms with van der Waals surface area (Å²) in [6.07, 6.45) is 1.99. The first kappa shape index (κ1) is 11.8. The molecular weight excluding hydrogens is 214 g/mol. The molecule has 0 bridgehead atoms. The third kappa shape index (κ3) is 3.41. The Morgan fingerprint density at radius 3 is 2.71 bits per heavy atom. The smallest absolute Gasteiger partial charge is 0.0933 e. The fourth-order valence-corrected chi connectivity index (χ4v) is 1.66. The van der Waals surface area contributed by atoms with E-state index in [-0.39, 0.29) is 0 Å². The summed E-state index contributed by atoms with van der Waals surface area (Å²) < 4.78 is 1.81. The van der Waals surface area contributed by atoms with Gasteiger partial charge in [0.25, 0.3) is 0 Å². The van der Waals surface area contributed by atoms with Crippen molar-refractivity contribution in [1.29, 1.82) is 0 Å². The van der Waals surface area contributed by atoms with Crippen molar-refractivity contribution in [2.75, 3.05) is 0 Å². The Labute approximate surface area is 101 Å². The first-order chi connectivity index (χ1) is 8.25. The van der Waals surface area contributed by atoms with Crippen LogP contribution in [-0.4, -0.2) is 9.78 Å². The van der Waals surface area contributed by atoms with Gasteiger partial charge in [-0.05, 0) is 18.1 Å². The number of hydrogen-bond donors (Lipinski definition) is 1. The molecule has 1 heterocycles. The van der Waals surface area contributed by atoms with Gasteiger partial charge in [-0.15, -0.1) is 0 Å². The molecule has 0 unspecified atom stereocenters. The van der Waals surface area contributed by atoms with Crippen LogP contribution in [-0.2, 0) is 25.0 Å². The number of benzene rings is 1. The van der Waals surface area contributed by atoms with Crippen LogP contribution in [0.25, 0.3) is 0 Å². The molecule has 2 rings (SSSR count). The van der Waals surface area contributed by atoms with E-state index in [1.165, 1.54) is 5.56 Å². The Kier molecular flexibility index (Phi) is 3.90. The molecule has 1 aromatic carbocycles. The van der Waals surface area contributed by atoms with Gasteiger partial charge in [0.2, 0.25) is 0 Å². The van der Waals surface area contributed by atoms with Gasteiger partial charge in [-0.3, -0.25) is 9.52 Å². The van der Waals surface area contributed by atoms with Crippen LogP contribution in [0.3, 0.4) is 0 Å². The summed E-state index contributed by atoms with van der Waals surface area (Å²) in [5.74, 6) is 0. The molecule has 0 radical (unpaired) electrons. The molecule has 0 fully saturated rings. The third-order valence-electron chi connectivity index (χ3n) is 2.54. The third-order valence-corrected chi connectivity index (χ3v) is 2.54. The molecule has 4 nitrogen and oxygen atoms in total. The van der Waals surface area contributed by atoms with Gasteiger partial charge in [0.05, 0.1) is 18.8 Å². The molecule has 0 saturated carbocycles. The lowest BCUT2D eigenvalue weighted by atomic mass is 10.2. The maximum atomic E-state index is 5.39. The highest BCUT2D eigenvalue weighted by Gasteiger charge is 2.02. The van der Waals surface area contributed by atoms with Crippen molar-refractivity contribution in [2.45, 2.75) is 20.1 Å². The molecule has 0 saturated heterocycles. The zero-order valence-electron chi connectivity index (χ0n) is 10.2. The molecule has 17 heavy (non-hydrogen) atoms. The van der Waals surface area contributed by atoms with E-state index in [0.717, 1.165) is 11.3 Å². The van der Waals surface area contributed by atoms with E-state index < -0.39 is 0 Å². The lowest BCUT2D eigenvalue weighted by Crippen LogP contribution is -2.15. The summed E-state index contributed by atoms with van der Waals surface area (Å²) >= 11 is 0. The molecule has 0 spiro atoms. The zero-order chi connectivity index (χ0) is 12.1. The predicted molar refractivity (Wildman–Crippen MR) is 66.0 cm³/mol. The highest BCUT2D eigenvalue weighted by molar-refractivity contribution is 5.14. The normalized spacial score (nSPS) is 10.7. The summed E-state index contributed by atoms with van der Waals surface area (Å²) in [5.41, 5.74) is 6.26. The number of hydrogen-bond acceptors (Lipinski definition) is 3. The molecule has 1 N–H and O–H groups in total. The maximum Gasteiger partial charge on any atom is 0.0933 e. The topological polar surface area (TPSA) is 39.1 Å². The second kappa shape index (κ2) is 5.61. The molecule has 90 valence electrons. The van der Waals surface area contributed by atoms with Crippen molar-refractivity contribution in [3.8, 4) is 0 Å². The average molecular weight is 231 g/mol. The number of hydroxylamine groups is 1. The van der Waals surface area contributed by atoms with Gasteiger partial charge >= 0.3 is 0 Å². The first-order valence-electron chi connectivity index (χ1n) is 5.63. The zero-order valence-corrected chi connectivity index (χ0v) is 10.2.